The van der Waals surface area contributed by atoms with Crippen LogP contribution in [-0.2, 0) is 9.59 Å². The number of ketones is 1. The van der Waals surface area contributed by atoms with Gasteiger partial charge >= 0.3 is 6.03 Å². The highest BCUT2D eigenvalue weighted by Crippen LogP contribution is 2.47. The van der Waals surface area contributed by atoms with Crippen LogP contribution in [0.1, 0.15) is 25.7 Å². The maximum atomic E-state index is 15.1. The van der Waals surface area contributed by atoms with Crippen molar-refractivity contribution in [2.24, 2.45) is 5.41 Å². The normalized spacial score (nSPS) is 18.3. The first-order valence-corrected chi connectivity index (χ1v) is 15.9. The zero-order valence-electron chi connectivity index (χ0n) is 26.3. The maximum absolute atomic E-state index is 15.1. The summed E-state index contributed by atoms with van der Waals surface area (Å²) in [6.45, 7) is 5.03. The Bertz CT molecular complexity index is 1600. The molecule has 11 nitrogen and oxygen atoms in total. The molecule has 0 unspecified atom stereocenters. The van der Waals surface area contributed by atoms with Crippen molar-refractivity contribution in [3.05, 3.63) is 72.4 Å². The molecular formula is C34H39F2N7O4. The number of urea groups is 1. The first-order valence-electron chi connectivity index (χ1n) is 15.9. The lowest BCUT2D eigenvalue weighted by atomic mass is 9.99. The number of benzene rings is 2. The Morgan fingerprint density at radius 1 is 0.894 bits per heavy atom. The molecule has 0 atom stereocenters. The molecule has 2 aliphatic heterocycles. The zero-order chi connectivity index (χ0) is 33.0. The molecule has 6 rings (SSSR count). The number of piperazine rings is 1. The Balaban J connectivity index is 0.990. The highest BCUT2D eigenvalue weighted by molar-refractivity contribution is 6.14. The quantitative estimate of drug-likeness (QED) is 0.269. The number of anilines is 3. The summed E-state index contributed by atoms with van der Waals surface area (Å²) in [6, 6.07) is 13.0. The maximum Gasteiger partial charge on any atom is 0.323 e. The van der Waals surface area contributed by atoms with E-state index in [0.717, 1.165) is 45.1 Å². The van der Waals surface area contributed by atoms with Crippen LogP contribution in [0.25, 0.3) is 0 Å². The van der Waals surface area contributed by atoms with E-state index >= 15 is 4.39 Å². The van der Waals surface area contributed by atoms with Gasteiger partial charge in [0.2, 0.25) is 5.91 Å². The summed E-state index contributed by atoms with van der Waals surface area (Å²) < 4.78 is 33.9. The largest absolute Gasteiger partial charge is 0.454 e. The van der Waals surface area contributed by atoms with Gasteiger partial charge in [-0.25, -0.2) is 18.6 Å². The van der Waals surface area contributed by atoms with Crippen molar-refractivity contribution < 1.29 is 27.9 Å². The molecule has 3 aliphatic rings. The molecule has 3 N–H and O–H groups in total. The average Bonchev–Trinajstić information content (AvgIpc) is 3.89. The van der Waals surface area contributed by atoms with Crippen molar-refractivity contribution in [3.8, 4) is 11.5 Å². The number of hydrogen-bond donors (Lipinski definition) is 3. The second kappa shape index (κ2) is 14.0. The molecule has 0 radical (unpaired) electrons. The van der Waals surface area contributed by atoms with E-state index in [4.69, 9.17) is 4.74 Å². The molecule has 2 aromatic carbocycles. The predicted molar refractivity (Wildman–Crippen MR) is 174 cm³/mol. The van der Waals surface area contributed by atoms with Crippen LogP contribution in [-0.4, -0.2) is 96.3 Å². The van der Waals surface area contributed by atoms with Crippen molar-refractivity contribution in [3.63, 3.8) is 0 Å². The number of nitrogens with one attached hydrogen (secondary N) is 3. The van der Waals surface area contributed by atoms with Gasteiger partial charge in [0.05, 0.1) is 6.54 Å². The lowest BCUT2D eigenvalue weighted by Crippen LogP contribution is -2.54. The zero-order valence-corrected chi connectivity index (χ0v) is 26.3. The third-order valence-corrected chi connectivity index (χ3v) is 9.21. The lowest BCUT2D eigenvalue weighted by Gasteiger charge is -2.42. The first-order chi connectivity index (χ1) is 22.7. The van der Waals surface area contributed by atoms with Crippen LogP contribution < -0.4 is 20.7 Å². The molecular weight excluding hydrogens is 608 g/mol. The molecule has 0 spiro atoms. The minimum absolute atomic E-state index is 0.0859. The summed E-state index contributed by atoms with van der Waals surface area (Å²) >= 11 is 0. The molecule has 248 valence electrons. The number of ether oxygens (including phenoxy) is 1. The number of Topliss-reactive ketones (excluding diaryl/α,β-unsaturated/α-hetero) is 1. The van der Waals surface area contributed by atoms with E-state index in [1.54, 1.807) is 11.0 Å². The number of halogens is 2. The smallest absolute Gasteiger partial charge is 0.323 e. The van der Waals surface area contributed by atoms with Gasteiger partial charge < -0.3 is 25.2 Å². The lowest BCUT2D eigenvalue weighted by molar-refractivity contribution is -0.131. The van der Waals surface area contributed by atoms with Gasteiger partial charge in [0, 0.05) is 61.9 Å². The summed E-state index contributed by atoms with van der Waals surface area (Å²) in [6.07, 6.45) is 4.55. The van der Waals surface area contributed by atoms with Gasteiger partial charge in [0.15, 0.2) is 17.3 Å². The highest BCUT2D eigenvalue weighted by Gasteiger charge is 2.55. The SMILES string of the molecule is CN1CCC(N2CCN(C(=O)Nc3cc(Oc4ccc(NC(=O)C5(C(=O)CNc6ccc(F)cc6)CC5)cc4F)ccn3)CC2)CC1. The molecule has 3 aromatic rings. The number of carbonyl (C=O) groups is 3. The molecule has 0 bridgehead atoms. The standard InChI is InChI=1S/C34H39F2N7O4/c1-41-14-9-26(10-15-41)42-16-18-43(19-17-42)33(46)40-31-21-27(8-13-37-31)47-29-7-6-25(20-28(29)36)39-32(45)34(11-12-34)30(44)22-38-24-4-2-23(35)3-5-24/h2-8,13,20-21,26,38H,9-12,14-19,22H2,1H3,(H,39,45)(H,37,40,46). The molecule has 3 heterocycles. The number of carbonyl (C=O) groups excluding carboxylic acids is 3. The van der Waals surface area contributed by atoms with Gasteiger partial charge in [-0.3, -0.25) is 19.8 Å². The van der Waals surface area contributed by atoms with E-state index < -0.39 is 17.1 Å². The summed E-state index contributed by atoms with van der Waals surface area (Å²) in [5.41, 5.74) is -0.436. The van der Waals surface area contributed by atoms with Gasteiger partial charge in [-0.15, -0.1) is 0 Å². The van der Waals surface area contributed by atoms with Gasteiger partial charge in [0.1, 0.15) is 22.8 Å². The molecule has 3 amide bonds. The van der Waals surface area contributed by atoms with Crippen molar-refractivity contribution in [1.82, 2.24) is 19.7 Å². The Morgan fingerprint density at radius 2 is 1.60 bits per heavy atom. The first kappa shape index (κ1) is 32.3. The molecule has 47 heavy (non-hydrogen) atoms. The van der Waals surface area contributed by atoms with Gasteiger partial charge in [0.25, 0.3) is 0 Å². The summed E-state index contributed by atoms with van der Waals surface area (Å²) in [5, 5.41) is 8.38. The number of likely N-dealkylation sites (tertiary alicyclic amines) is 1. The topological polar surface area (TPSA) is 119 Å². The Labute approximate surface area is 272 Å². The second-order valence-electron chi connectivity index (χ2n) is 12.4. The van der Waals surface area contributed by atoms with Gasteiger partial charge in [-0.1, -0.05) is 0 Å². The molecule has 1 aliphatic carbocycles. The van der Waals surface area contributed by atoms with Gasteiger partial charge in [-0.2, -0.15) is 0 Å². The Hall–Kier alpha value is -4.62. The van der Waals surface area contributed by atoms with Crippen LogP contribution in [0.15, 0.2) is 60.8 Å². The third kappa shape index (κ3) is 7.86. The number of hydrogen-bond acceptors (Lipinski definition) is 8. The fraction of sp³-hybridized carbons (Fsp3) is 0.412. The Morgan fingerprint density at radius 3 is 2.28 bits per heavy atom. The Kier molecular flexibility index (Phi) is 9.64. The monoisotopic (exact) mass is 647 g/mol. The van der Waals surface area contributed by atoms with Crippen LogP contribution in [0.5, 0.6) is 11.5 Å². The van der Waals surface area contributed by atoms with Crippen LogP contribution in [0, 0.1) is 17.0 Å². The van der Waals surface area contributed by atoms with E-state index in [-0.39, 0.29) is 47.2 Å². The van der Waals surface area contributed by atoms with Crippen LogP contribution >= 0.6 is 0 Å². The van der Waals surface area contributed by atoms with Crippen molar-refractivity contribution in [2.75, 3.05) is 68.8 Å². The number of nitrogens with zero attached hydrogens (tertiary/aromatic N) is 4. The van der Waals surface area contributed by atoms with E-state index in [2.05, 4.69) is 37.8 Å². The fourth-order valence-corrected chi connectivity index (χ4v) is 6.10. The third-order valence-electron chi connectivity index (χ3n) is 9.21. The predicted octanol–water partition coefficient (Wildman–Crippen LogP) is 4.80. The summed E-state index contributed by atoms with van der Waals surface area (Å²) in [5.74, 6) is -1.44. The molecule has 13 heteroatoms. The summed E-state index contributed by atoms with van der Waals surface area (Å²) in [4.78, 5) is 49.6. The van der Waals surface area contributed by atoms with E-state index in [9.17, 15) is 18.8 Å². The molecule has 2 saturated heterocycles. The number of piperidine rings is 1. The van der Waals surface area contributed by atoms with Crippen LogP contribution in [0.3, 0.4) is 0 Å². The molecule has 1 aromatic heterocycles. The number of pyridine rings is 1. The molecule has 1 saturated carbocycles. The molecule has 3 fully saturated rings. The van der Waals surface area contributed by atoms with Crippen molar-refractivity contribution >= 4 is 34.9 Å². The van der Waals surface area contributed by atoms with Crippen LogP contribution in [0.4, 0.5) is 30.8 Å². The number of aromatic nitrogens is 1. The van der Waals surface area contributed by atoms with E-state index in [0.29, 0.717) is 37.7 Å². The number of amides is 3. The van der Waals surface area contributed by atoms with E-state index in [1.807, 2.05) is 0 Å². The highest BCUT2D eigenvalue weighted by atomic mass is 19.1. The van der Waals surface area contributed by atoms with Crippen LogP contribution in [0.2, 0.25) is 0 Å². The fourth-order valence-electron chi connectivity index (χ4n) is 6.10. The minimum atomic E-state index is -1.18. The second-order valence-corrected chi connectivity index (χ2v) is 12.4. The summed E-state index contributed by atoms with van der Waals surface area (Å²) in [7, 11) is 2.15. The van der Waals surface area contributed by atoms with Gasteiger partial charge in [-0.05, 0) is 88.3 Å². The van der Waals surface area contributed by atoms with Crippen molar-refractivity contribution in [2.45, 2.75) is 31.7 Å². The average molecular weight is 648 g/mol. The minimum Gasteiger partial charge on any atom is -0.454 e. The van der Waals surface area contributed by atoms with E-state index in [1.165, 1.54) is 48.7 Å². The number of rotatable bonds is 10. The van der Waals surface area contributed by atoms with Crippen molar-refractivity contribution in [1.29, 1.82) is 0 Å².